The van der Waals surface area contributed by atoms with Crippen LogP contribution in [0.25, 0.3) is 5.65 Å². The minimum absolute atomic E-state index is 0.160. The Morgan fingerprint density at radius 2 is 2.35 bits per heavy atom. The van der Waals surface area contributed by atoms with Crippen molar-refractivity contribution in [3.63, 3.8) is 0 Å². The zero-order chi connectivity index (χ0) is 13.9. The van der Waals surface area contributed by atoms with E-state index in [1.165, 1.54) is 0 Å². The quantitative estimate of drug-likeness (QED) is 0.490. The molecule has 0 saturated heterocycles. The van der Waals surface area contributed by atoms with E-state index in [2.05, 4.69) is 20.7 Å². The maximum atomic E-state index is 9.71. The van der Waals surface area contributed by atoms with Crippen LogP contribution in [0.15, 0.2) is 18.6 Å². The molecule has 1 aliphatic rings. The third-order valence-electron chi connectivity index (χ3n) is 3.84. The van der Waals surface area contributed by atoms with Gasteiger partial charge in [0.1, 0.15) is 0 Å². The summed E-state index contributed by atoms with van der Waals surface area (Å²) < 4.78 is 1.88. The van der Waals surface area contributed by atoms with Crippen LogP contribution in [0.5, 0.6) is 0 Å². The number of hydrogen-bond acceptors (Lipinski definition) is 6. The van der Waals surface area contributed by atoms with E-state index in [1.54, 1.807) is 12.4 Å². The molecule has 0 amide bonds. The first kappa shape index (κ1) is 13.1. The fraction of sp³-hybridized carbons (Fsp3) is 0.538. The van der Waals surface area contributed by atoms with Crippen molar-refractivity contribution in [3.8, 4) is 0 Å². The molecule has 108 valence electrons. The molecule has 1 aliphatic carbocycles. The fourth-order valence-corrected chi connectivity index (χ4v) is 2.81. The molecule has 2 atom stereocenters. The summed E-state index contributed by atoms with van der Waals surface area (Å²) in [5, 5.41) is 13.0. The molecule has 7 nitrogen and oxygen atoms in total. The summed E-state index contributed by atoms with van der Waals surface area (Å²) in [7, 11) is 0. The van der Waals surface area contributed by atoms with Gasteiger partial charge >= 0.3 is 0 Å². The summed E-state index contributed by atoms with van der Waals surface area (Å²) in [5.74, 6) is 7.20. The highest BCUT2D eigenvalue weighted by atomic mass is 16.3. The lowest BCUT2D eigenvalue weighted by molar-refractivity contribution is 0.104. The van der Waals surface area contributed by atoms with E-state index < -0.39 is 0 Å². The SMILES string of the molecule is NNc1cn2ccnc2c(NCC2CCCC(O)C2)n1. The van der Waals surface area contributed by atoms with Crippen LogP contribution in [-0.2, 0) is 0 Å². The van der Waals surface area contributed by atoms with Gasteiger partial charge in [0, 0.05) is 18.9 Å². The molecule has 0 bridgehead atoms. The van der Waals surface area contributed by atoms with Crippen molar-refractivity contribution in [2.24, 2.45) is 11.8 Å². The Morgan fingerprint density at radius 3 is 3.15 bits per heavy atom. The maximum absolute atomic E-state index is 9.71. The van der Waals surface area contributed by atoms with Gasteiger partial charge in [0.2, 0.25) is 0 Å². The standard InChI is InChI=1S/C13H20N6O/c14-18-11-8-19-5-4-15-13(19)12(17-11)16-7-9-2-1-3-10(20)6-9/h4-5,8-10,18,20H,1-3,6-7,14H2,(H,16,17). The highest BCUT2D eigenvalue weighted by molar-refractivity contribution is 5.65. The summed E-state index contributed by atoms with van der Waals surface area (Å²) >= 11 is 0. The normalized spacial score (nSPS) is 22.9. The smallest absolute Gasteiger partial charge is 0.180 e. The number of fused-ring (bicyclic) bond motifs is 1. The van der Waals surface area contributed by atoms with Gasteiger partial charge in [0.15, 0.2) is 17.3 Å². The molecular formula is C13H20N6O. The largest absolute Gasteiger partial charge is 0.393 e. The molecule has 0 spiro atoms. The van der Waals surface area contributed by atoms with Crippen molar-refractivity contribution in [3.05, 3.63) is 18.6 Å². The molecule has 7 heteroatoms. The Balaban J connectivity index is 1.74. The lowest BCUT2D eigenvalue weighted by Gasteiger charge is -2.26. The zero-order valence-corrected chi connectivity index (χ0v) is 11.3. The van der Waals surface area contributed by atoms with Gasteiger partial charge in [-0.25, -0.2) is 15.8 Å². The molecule has 0 aliphatic heterocycles. The van der Waals surface area contributed by atoms with Gasteiger partial charge in [-0.2, -0.15) is 0 Å². The van der Waals surface area contributed by atoms with Gasteiger partial charge in [-0.3, -0.25) is 0 Å². The average molecular weight is 276 g/mol. The molecule has 2 unspecified atom stereocenters. The van der Waals surface area contributed by atoms with Crippen molar-refractivity contribution < 1.29 is 5.11 Å². The Morgan fingerprint density at radius 1 is 1.45 bits per heavy atom. The summed E-state index contributed by atoms with van der Waals surface area (Å²) in [6.07, 6.45) is 9.22. The van der Waals surface area contributed by atoms with E-state index in [-0.39, 0.29) is 6.10 Å². The molecule has 2 aromatic rings. The number of nitrogen functional groups attached to an aromatic ring is 1. The number of hydrazine groups is 1. The Kier molecular flexibility index (Phi) is 3.70. The second-order valence-electron chi connectivity index (χ2n) is 5.34. The Hall–Kier alpha value is -1.86. The van der Waals surface area contributed by atoms with Gasteiger partial charge in [-0.1, -0.05) is 6.42 Å². The van der Waals surface area contributed by atoms with Gasteiger partial charge in [0.05, 0.1) is 12.3 Å². The van der Waals surface area contributed by atoms with Gasteiger partial charge in [0.25, 0.3) is 0 Å². The number of aromatic nitrogens is 3. The van der Waals surface area contributed by atoms with E-state index in [0.29, 0.717) is 17.6 Å². The first-order valence-electron chi connectivity index (χ1n) is 6.98. The number of imidazole rings is 1. The molecule has 2 aromatic heterocycles. The number of rotatable bonds is 4. The third-order valence-corrected chi connectivity index (χ3v) is 3.84. The minimum atomic E-state index is -0.160. The van der Waals surface area contributed by atoms with Crippen LogP contribution >= 0.6 is 0 Å². The van der Waals surface area contributed by atoms with Crippen molar-refractivity contribution >= 4 is 17.3 Å². The summed E-state index contributed by atoms with van der Waals surface area (Å²) in [5.41, 5.74) is 3.33. The van der Waals surface area contributed by atoms with E-state index in [9.17, 15) is 5.11 Å². The van der Waals surface area contributed by atoms with Crippen molar-refractivity contribution in [2.75, 3.05) is 17.3 Å². The van der Waals surface area contributed by atoms with Gasteiger partial charge in [-0.15, -0.1) is 0 Å². The van der Waals surface area contributed by atoms with E-state index in [0.717, 1.165) is 37.9 Å². The molecule has 0 aromatic carbocycles. The molecule has 2 heterocycles. The van der Waals surface area contributed by atoms with E-state index in [4.69, 9.17) is 5.84 Å². The first-order chi connectivity index (χ1) is 9.76. The van der Waals surface area contributed by atoms with Crippen LogP contribution < -0.4 is 16.6 Å². The lowest BCUT2D eigenvalue weighted by atomic mass is 9.87. The summed E-state index contributed by atoms with van der Waals surface area (Å²) in [4.78, 5) is 8.69. The second-order valence-corrected chi connectivity index (χ2v) is 5.34. The van der Waals surface area contributed by atoms with Crippen LogP contribution in [0, 0.1) is 5.92 Å². The fourth-order valence-electron chi connectivity index (χ4n) is 2.81. The minimum Gasteiger partial charge on any atom is -0.393 e. The van der Waals surface area contributed by atoms with Crippen LogP contribution in [0.4, 0.5) is 11.6 Å². The lowest BCUT2D eigenvalue weighted by Crippen LogP contribution is -2.25. The summed E-state index contributed by atoms with van der Waals surface area (Å²) in [6, 6.07) is 0. The van der Waals surface area contributed by atoms with Crippen LogP contribution in [0.2, 0.25) is 0 Å². The average Bonchev–Trinajstić information content (AvgIpc) is 2.93. The molecule has 1 fully saturated rings. The van der Waals surface area contributed by atoms with Crippen molar-refractivity contribution in [2.45, 2.75) is 31.8 Å². The molecule has 20 heavy (non-hydrogen) atoms. The molecular weight excluding hydrogens is 256 g/mol. The molecule has 1 saturated carbocycles. The third kappa shape index (κ3) is 2.68. The monoisotopic (exact) mass is 276 g/mol. The van der Waals surface area contributed by atoms with E-state index >= 15 is 0 Å². The number of anilines is 2. The van der Waals surface area contributed by atoms with Crippen molar-refractivity contribution in [1.82, 2.24) is 14.4 Å². The molecule has 0 radical (unpaired) electrons. The maximum Gasteiger partial charge on any atom is 0.180 e. The Bertz CT molecular complexity index is 583. The van der Waals surface area contributed by atoms with Gasteiger partial charge < -0.3 is 20.2 Å². The number of nitrogens with two attached hydrogens (primary N) is 1. The van der Waals surface area contributed by atoms with Crippen LogP contribution in [-0.4, -0.2) is 32.1 Å². The second kappa shape index (κ2) is 5.64. The topological polar surface area (TPSA) is 100 Å². The number of nitrogens with zero attached hydrogens (tertiary/aromatic N) is 3. The van der Waals surface area contributed by atoms with Crippen LogP contribution in [0.1, 0.15) is 25.7 Å². The van der Waals surface area contributed by atoms with Crippen LogP contribution in [0.3, 0.4) is 0 Å². The number of aliphatic hydroxyl groups excluding tert-OH is 1. The number of nitrogens with one attached hydrogen (secondary N) is 2. The van der Waals surface area contributed by atoms with E-state index in [1.807, 2.05) is 10.6 Å². The highest BCUT2D eigenvalue weighted by Crippen LogP contribution is 2.25. The highest BCUT2D eigenvalue weighted by Gasteiger charge is 2.20. The predicted octanol–water partition coefficient (Wildman–Crippen LogP) is 0.978. The number of hydrogen-bond donors (Lipinski definition) is 4. The first-order valence-corrected chi connectivity index (χ1v) is 6.98. The Labute approximate surface area is 117 Å². The zero-order valence-electron chi connectivity index (χ0n) is 11.3. The molecule has 5 N–H and O–H groups in total. The number of aliphatic hydroxyl groups is 1. The predicted molar refractivity (Wildman–Crippen MR) is 77.3 cm³/mol. The summed E-state index contributed by atoms with van der Waals surface area (Å²) in [6.45, 7) is 0.792. The molecule has 3 rings (SSSR count). The van der Waals surface area contributed by atoms with Gasteiger partial charge in [-0.05, 0) is 25.2 Å². The van der Waals surface area contributed by atoms with Crippen molar-refractivity contribution in [1.29, 1.82) is 0 Å².